The molecule has 17 heavy (non-hydrogen) atoms. The maximum atomic E-state index is 11.1. The van der Waals surface area contributed by atoms with Crippen molar-refractivity contribution in [1.29, 1.82) is 0 Å². The molecule has 0 saturated carbocycles. The molecule has 0 aromatic heterocycles. The van der Waals surface area contributed by atoms with Gasteiger partial charge in [0.25, 0.3) is 0 Å². The standard InChI is InChI=1S/C14H21NO2/c1-11(16)12-5-7-13(8-6-12)17-10-9-15-14(2,3)4/h5-8,15H,9-10H2,1-4H3. The van der Waals surface area contributed by atoms with Gasteiger partial charge in [-0.15, -0.1) is 0 Å². The van der Waals surface area contributed by atoms with E-state index in [1.165, 1.54) is 0 Å². The second-order valence-corrected chi connectivity index (χ2v) is 5.11. The number of ketones is 1. The summed E-state index contributed by atoms with van der Waals surface area (Å²) < 4.78 is 5.56. The largest absolute Gasteiger partial charge is 0.492 e. The van der Waals surface area contributed by atoms with Crippen molar-refractivity contribution in [3.63, 3.8) is 0 Å². The maximum Gasteiger partial charge on any atom is 0.159 e. The summed E-state index contributed by atoms with van der Waals surface area (Å²) in [6.45, 7) is 9.34. The quantitative estimate of drug-likeness (QED) is 0.630. The smallest absolute Gasteiger partial charge is 0.159 e. The molecule has 1 rings (SSSR count). The molecule has 1 aromatic rings. The third-order valence-corrected chi connectivity index (χ3v) is 2.29. The average Bonchev–Trinajstić information content (AvgIpc) is 2.24. The van der Waals surface area contributed by atoms with E-state index in [-0.39, 0.29) is 11.3 Å². The van der Waals surface area contributed by atoms with Crippen molar-refractivity contribution >= 4 is 5.78 Å². The molecule has 94 valence electrons. The predicted molar refractivity (Wildman–Crippen MR) is 69.7 cm³/mol. The van der Waals surface area contributed by atoms with Gasteiger partial charge in [-0.25, -0.2) is 0 Å². The third kappa shape index (κ3) is 5.50. The lowest BCUT2D eigenvalue weighted by atomic mass is 10.1. The molecule has 0 heterocycles. The summed E-state index contributed by atoms with van der Waals surface area (Å²) in [7, 11) is 0. The summed E-state index contributed by atoms with van der Waals surface area (Å²) in [5, 5.41) is 3.34. The van der Waals surface area contributed by atoms with Gasteiger partial charge in [-0.05, 0) is 52.0 Å². The van der Waals surface area contributed by atoms with Crippen LogP contribution in [0.5, 0.6) is 5.75 Å². The first kappa shape index (κ1) is 13.7. The Labute approximate surface area is 103 Å². The van der Waals surface area contributed by atoms with Gasteiger partial charge in [0.15, 0.2) is 5.78 Å². The number of carbonyl (C=O) groups is 1. The van der Waals surface area contributed by atoms with Crippen LogP contribution >= 0.6 is 0 Å². The Morgan fingerprint density at radius 3 is 2.29 bits per heavy atom. The lowest BCUT2D eigenvalue weighted by Gasteiger charge is -2.20. The van der Waals surface area contributed by atoms with Crippen molar-refractivity contribution < 1.29 is 9.53 Å². The molecule has 0 fully saturated rings. The minimum atomic E-state index is 0.0750. The van der Waals surface area contributed by atoms with E-state index >= 15 is 0 Å². The SMILES string of the molecule is CC(=O)c1ccc(OCCNC(C)(C)C)cc1. The molecule has 1 N–H and O–H groups in total. The highest BCUT2D eigenvalue weighted by Gasteiger charge is 2.07. The van der Waals surface area contributed by atoms with Crippen LogP contribution in [0.3, 0.4) is 0 Å². The van der Waals surface area contributed by atoms with Gasteiger partial charge in [0.05, 0.1) is 0 Å². The molecule has 0 spiro atoms. The summed E-state index contributed by atoms with van der Waals surface area (Å²) in [5.74, 6) is 0.872. The number of nitrogens with one attached hydrogen (secondary N) is 1. The zero-order chi connectivity index (χ0) is 12.9. The molecule has 0 atom stereocenters. The lowest BCUT2D eigenvalue weighted by Crippen LogP contribution is -2.38. The third-order valence-electron chi connectivity index (χ3n) is 2.29. The number of hydrogen-bond donors (Lipinski definition) is 1. The Kier molecular flexibility index (Phi) is 4.70. The van der Waals surface area contributed by atoms with Gasteiger partial charge in [-0.3, -0.25) is 4.79 Å². The van der Waals surface area contributed by atoms with Crippen LogP contribution in [0.4, 0.5) is 0 Å². The van der Waals surface area contributed by atoms with E-state index in [9.17, 15) is 4.79 Å². The number of carbonyl (C=O) groups excluding carboxylic acids is 1. The molecule has 0 unspecified atom stereocenters. The van der Waals surface area contributed by atoms with Crippen molar-refractivity contribution in [3.8, 4) is 5.75 Å². The van der Waals surface area contributed by atoms with Crippen LogP contribution in [0.1, 0.15) is 38.1 Å². The summed E-state index contributed by atoms with van der Waals surface area (Å²) in [4.78, 5) is 11.1. The number of rotatable bonds is 5. The minimum absolute atomic E-state index is 0.0750. The van der Waals surface area contributed by atoms with Crippen LogP contribution in [0.2, 0.25) is 0 Å². The molecule has 0 aliphatic rings. The molecule has 3 heteroatoms. The first-order valence-corrected chi connectivity index (χ1v) is 5.87. The van der Waals surface area contributed by atoms with E-state index in [4.69, 9.17) is 4.74 Å². The van der Waals surface area contributed by atoms with Crippen LogP contribution in [-0.2, 0) is 0 Å². The van der Waals surface area contributed by atoms with Crippen LogP contribution in [0.25, 0.3) is 0 Å². The molecule has 0 saturated heterocycles. The molecule has 0 amide bonds. The van der Waals surface area contributed by atoms with Crippen LogP contribution in [-0.4, -0.2) is 24.5 Å². The second-order valence-electron chi connectivity index (χ2n) is 5.11. The molecule has 3 nitrogen and oxygen atoms in total. The molecule has 0 radical (unpaired) electrons. The van der Waals surface area contributed by atoms with E-state index in [0.29, 0.717) is 12.2 Å². The van der Waals surface area contributed by atoms with Crippen LogP contribution in [0.15, 0.2) is 24.3 Å². The van der Waals surface area contributed by atoms with Crippen LogP contribution < -0.4 is 10.1 Å². The van der Waals surface area contributed by atoms with E-state index in [1.807, 2.05) is 12.1 Å². The fourth-order valence-electron chi connectivity index (χ4n) is 1.38. The summed E-state index contributed by atoms with van der Waals surface area (Å²) >= 11 is 0. The minimum Gasteiger partial charge on any atom is -0.492 e. The summed E-state index contributed by atoms with van der Waals surface area (Å²) in [6, 6.07) is 7.23. The summed E-state index contributed by atoms with van der Waals surface area (Å²) in [6.07, 6.45) is 0. The predicted octanol–water partition coefficient (Wildman–Crippen LogP) is 2.66. The molecular formula is C14H21NO2. The zero-order valence-corrected chi connectivity index (χ0v) is 11.0. The molecule has 1 aromatic carbocycles. The molecular weight excluding hydrogens is 214 g/mol. The van der Waals surface area contributed by atoms with E-state index in [1.54, 1.807) is 19.1 Å². The Bertz CT molecular complexity index is 363. The van der Waals surface area contributed by atoms with Crippen LogP contribution in [0, 0.1) is 0 Å². The van der Waals surface area contributed by atoms with Gasteiger partial charge in [0.1, 0.15) is 12.4 Å². The normalized spacial score (nSPS) is 11.3. The van der Waals surface area contributed by atoms with Gasteiger partial charge in [-0.1, -0.05) is 0 Å². The molecule has 0 bridgehead atoms. The number of hydrogen-bond acceptors (Lipinski definition) is 3. The van der Waals surface area contributed by atoms with E-state index < -0.39 is 0 Å². The van der Waals surface area contributed by atoms with Crippen molar-refractivity contribution in [2.75, 3.05) is 13.2 Å². The Morgan fingerprint density at radius 2 is 1.82 bits per heavy atom. The molecule has 0 aliphatic heterocycles. The first-order chi connectivity index (χ1) is 7.88. The van der Waals surface area contributed by atoms with Crippen molar-refractivity contribution in [1.82, 2.24) is 5.32 Å². The highest BCUT2D eigenvalue weighted by atomic mass is 16.5. The van der Waals surface area contributed by atoms with E-state index in [0.717, 1.165) is 12.3 Å². The summed E-state index contributed by atoms with van der Waals surface area (Å²) in [5.41, 5.74) is 0.826. The number of benzene rings is 1. The Balaban J connectivity index is 2.35. The molecule has 0 aliphatic carbocycles. The lowest BCUT2D eigenvalue weighted by molar-refractivity contribution is 0.101. The van der Waals surface area contributed by atoms with Gasteiger partial charge in [-0.2, -0.15) is 0 Å². The van der Waals surface area contributed by atoms with Gasteiger partial charge in [0.2, 0.25) is 0 Å². The fraction of sp³-hybridized carbons (Fsp3) is 0.500. The highest BCUT2D eigenvalue weighted by Crippen LogP contribution is 2.12. The van der Waals surface area contributed by atoms with Gasteiger partial charge >= 0.3 is 0 Å². The van der Waals surface area contributed by atoms with Crippen molar-refractivity contribution in [2.45, 2.75) is 33.2 Å². The fourth-order valence-corrected chi connectivity index (χ4v) is 1.38. The maximum absolute atomic E-state index is 11.1. The number of Topliss-reactive ketones (excluding diaryl/α,β-unsaturated/α-hetero) is 1. The van der Waals surface area contributed by atoms with E-state index in [2.05, 4.69) is 26.1 Å². The van der Waals surface area contributed by atoms with Gasteiger partial charge in [0, 0.05) is 17.6 Å². The second kappa shape index (κ2) is 5.82. The monoisotopic (exact) mass is 235 g/mol. The average molecular weight is 235 g/mol. The topological polar surface area (TPSA) is 38.3 Å². The van der Waals surface area contributed by atoms with Gasteiger partial charge < -0.3 is 10.1 Å². The highest BCUT2D eigenvalue weighted by molar-refractivity contribution is 5.94. The Hall–Kier alpha value is -1.35. The first-order valence-electron chi connectivity index (χ1n) is 5.87. The van der Waals surface area contributed by atoms with Crippen molar-refractivity contribution in [3.05, 3.63) is 29.8 Å². The number of ether oxygens (including phenoxy) is 1. The Morgan fingerprint density at radius 1 is 1.24 bits per heavy atom. The zero-order valence-electron chi connectivity index (χ0n) is 11.0. The van der Waals surface area contributed by atoms with Crippen molar-refractivity contribution in [2.24, 2.45) is 0 Å².